The number of phenols is 1. The minimum atomic E-state index is -1.28. The molecule has 4 rings (SSSR count). The lowest BCUT2D eigenvalue weighted by molar-refractivity contribution is -0.125. The number of aromatic hydroxyl groups is 1. The van der Waals surface area contributed by atoms with E-state index in [1.54, 1.807) is 24.5 Å². The van der Waals surface area contributed by atoms with E-state index in [2.05, 4.69) is 10.3 Å². The molecule has 1 aliphatic rings. The topological polar surface area (TPSA) is 96.6 Å². The van der Waals surface area contributed by atoms with Gasteiger partial charge in [0.1, 0.15) is 11.9 Å². The van der Waals surface area contributed by atoms with E-state index in [-0.39, 0.29) is 11.7 Å². The summed E-state index contributed by atoms with van der Waals surface area (Å²) < 4.78 is 7.24. The number of imidazole rings is 1. The third-order valence-corrected chi connectivity index (χ3v) is 4.74. The van der Waals surface area contributed by atoms with E-state index in [0.717, 1.165) is 22.5 Å². The molecule has 1 fully saturated rings. The Kier molecular flexibility index (Phi) is 5.10. The van der Waals surface area contributed by atoms with Crippen LogP contribution in [0.4, 0.5) is 0 Å². The molecule has 0 spiro atoms. The summed E-state index contributed by atoms with van der Waals surface area (Å²) in [7, 11) is 0. The highest BCUT2D eigenvalue weighted by molar-refractivity contribution is 5.82. The fourth-order valence-corrected chi connectivity index (χ4v) is 3.39. The second kappa shape index (κ2) is 7.84. The predicted molar refractivity (Wildman–Crippen MR) is 101 cm³/mol. The molecule has 1 saturated heterocycles. The Morgan fingerprint density at radius 2 is 1.89 bits per heavy atom. The Hall–Kier alpha value is -3.16. The molecule has 7 heteroatoms. The molecular weight excluding hydrogens is 358 g/mol. The lowest BCUT2D eigenvalue weighted by Crippen LogP contribution is -2.28. The van der Waals surface area contributed by atoms with Gasteiger partial charge in [0, 0.05) is 25.1 Å². The average Bonchev–Trinajstić information content (AvgIpc) is 3.19. The predicted octanol–water partition coefficient (Wildman–Crippen LogP) is 1.56. The first-order chi connectivity index (χ1) is 13.6. The molecular formula is C21H21N3O4. The molecule has 2 unspecified atom stereocenters. The molecule has 1 amide bonds. The smallest absolute Gasteiger partial charge is 0.253 e. The molecule has 144 valence electrons. The highest BCUT2D eigenvalue weighted by atomic mass is 16.6. The Bertz CT molecular complexity index is 971. The van der Waals surface area contributed by atoms with Gasteiger partial charge >= 0.3 is 0 Å². The number of carbonyl (C=O) groups is 1. The molecule has 2 heterocycles. The SMILES string of the molecule is O=C1NC(O)OC1Cc1c(Cc2ccccc2)ncn1Cc1cccc(O)c1. The molecule has 2 atom stereocenters. The number of aliphatic hydroxyl groups is 1. The van der Waals surface area contributed by atoms with Gasteiger partial charge in [-0.2, -0.15) is 0 Å². The zero-order valence-corrected chi connectivity index (χ0v) is 15.2. The maximum Gasteiger partial charge on any atom is 0.253 e. The van der Waals surface area contributed by atoms with Gasteiger partial charge in [-0.25, -0.2) is 4.98 Å². The zero-order valence-electron chi connectivity index (χ0n) is 15.2. The summed E-state index contributed by atoms with van der Waals surface area (Å²) in [4.78, 5) is 16.6. The van der Waals surface area contributed by atoms with Crippen LogP contribution in [0.1, 0.15) is 22.5 Å². The van der Waals surface area contributed by atoms with Crippen molar-refractivity contribution in [2.75, 3.05) is 0 Å². The number of nitrogens with one attached hydrogen (secondary N) is 1. The Balaban J connectivity index is 1.64. The van der Waals surface area contributed by atoms with E-state index in [4.69, 9.17) is 4.74 Å². The third kappa shape index (κ3) is 4.05. The summed E-state index contributed by atoms with van der Waals surface area (Å²) in [6, 6.07) is 17.0. The lowest BCUT2D eigenvalue weighted by atomic mass is 10.0. The summed E-state index contributed by atoms with van der Waals surface area (Å²) in [5, 5.41) is 21.6. The van der Waals surface area contributed by atoms with Crippen LogP contribution in [0.3, 0.4) is 0 Å². The first-order valence-corrected chi connectivity index (χ1v) is 9.07. The van der Waals surface area contributed by atoms with Gasteiger partial charge in [-0.1, -0.05) is 42.5 Å². The fourth-order valence-electron chi connectivity index (χ4n) is 3.39. The van der Waals surface area contributed by atoms with Crippen molar-refractivity contribution < 1.29 is 19.7 Å². The van der Waals surface area contributed by atoms with Crippen molar-refractivity contribution in [2.24, 2.45) is 0 Å². The maximum atomic E-state index is 12.0. The van der Waals surface area contributed by atoms with Crippen LogP contribution >= 0.6 is 0 Å². The van der Waals surface area contributed by atoms with Crippen LogP contribution in [0.2, 0.25) is 0 Å². The summed E-state index contributed by atoms with van der Waals surface area (Å²) in [5.74, 6) is -0.145. The van der Waals surface area contributed by atoms with Crippen molar-refractivity contribution in [3.05, 3.63) is 83.4 Å². The molecule has 1 aliphatic heterocycles. The standard InChI is InChI=1S/C21H21N3O4/c25-16-8-4-7-15(9-16)12-24-13-22-17(10-14-5-2-1-3-6-14)18(24)11-19-20(26)23-21(27)28-19/h1-9,13,19,21,25,27H,10-12H2,(H,23,26). The Morgan fingerprint density at radius 3 is 2.61 bits per heavy atom. The second-order valence-electron chi connectivity index (χ2n) is 6.79. The van der Waals surface area contributed by atoms with Crippen molar-refractivity contribution in [3.63, 3.8) is 0 Å². The van der Waals surface area contributed by atoms with Crippen molar-refractivity contribution in [3.8, 4) is 5.75 Å². The van der Waals surface area contributed by atoms with Gasteiger partial charge in [0.15, 0.2) is 0 Å². The van der Waals surface area contributed by atoms with Gasteiger partial charge in [0.25, 0.3) is 5.91 Å². The third-order valence-electron chi connectivity index (χ3n) is 4.74. The molecule has 7 nitrogen and oxygen atoms in total. The number of aromatic nitrogens is 2. The van der Waals surface area contributed by atoms with Crippen molar-refractivity contribution in [1.29, 1.82) is 0 Å². The number of ether oxygens (including phenoxy) is 1. The van der Waals surface area contributed by atoms with E-state index in [1.807, 2.05) is 41.0 Å². The molecule has 0 bridgehead atoms. The quantitative estimate of drug-likeness (QED) is 0.604. The number of carbonyl (C=O) groups excluding carboxylic acids is 1. The number of aliphatic hydroxyl groups excluding tert-OH is 1. The number of phenolic OH excluding ortho intramolecular Hbond substituents is 1. The number of rotatable bonds is 6. The minimum absolute atomic E-state index is 0.199. The normalized spacial score (nSPS) is 19.0. The highest BCUT2D eigenvalue weighted by Gasteiger charge is 2.33. The molecule has 0 radical (unpaired) electrons. The number of amides is 1. The van der Waals surface area contributed by atoms with Gasteiger partial charge < -0.3 is 24.8 Å². The Labute approximate surface area is 162 Å². The number of hydrogen-bond acceptors (Lipinski definition) is 5. The van der Waals surface area contributed by atoms with Crippen molar-refractivity contribution in [1.82, 2.24) is 14.9 Å². The average molecular weight is 379 g/mol. The van der Waals surface area contributed by atoms with Gasteiger partial charge in [0.05, 0.1) is 12.0 Å². The molecule has 28 heavy (non-hydrogen) atoms. The van der Waals surface area contributed by atoms with Gasteiger partial charge in [-0.3, -0.25) is 4.79 Å². The van der Waals surface area contributed by atoms with Crippen LogP contribution in [0, 0.1) is 0 Å². The largest absolute Gasteiger partial charge is 0.508 e. The summed E-state index contributed by atoms with van der Waals surface area (Å²) in [6.07, 6.45) is 0.604. The number of benzene rings is 2. The van der Waals surface area contributed by atoms with Crippen LogP contribution in [-0.2, 0) is 28.9 Å². The van der Waals surface area contributed by atoms with E-state index in [9.17, 15) is 15.0 Å². The van der Waals surface area contributed by atoms with Crippen LogP contribution in [0.25, 0.3) is 0 Å². The molecule has 0 saturated carbocycles. The molecule has 1 aromatic heterocycles. The monoisotopic (exact) mass is 379 g/mol. The maximum absolute atomic E-state index is 12.0. The second-order valence-corrected chi connectivity index (χ2v) is 6.79. The van der Waals surface area contributed by atoms with Crippen LogP contribution in [-0.4, -0.2) is 38.2 Å². The minimum Gasteiger partial charge on any atom is -0.508 e. The molecule has 0 aliphatic carbocycles. The first-order valence-electron chi connectivity index (χ1n) is 9.07. The van der Waals surface area contributed by atoms with Crippen molar-refractivity contribution >= 4 is 5.91 Å². The first kappa shape index (κ1) is 18.2. The van der Waals surface area contributed by atoms with E-state index in [1.165, 1.54) is 0 Å². The Morgan fingerprint density at radius 1 is 1.11 bits per heavy atom. The van der Waals surface area contributed by atoms with E-state index < -0.39 is 12.5 Å². The summed E-state index contributed by atoms with van der Waals surface area (Å²) >= 11 is 0. The zero-order chi connectivity index (χ0) is 19.5. The molecule has 2 aromatic carbocycles. The van der Waals surface area contributed by atoms with Gasteiger partial charge in [0.2, 0.25) is 6.41 Å². The lowest BCUT2D eigenvalue weighted by Gasteiger charge is -2.13. The summed E-state index contributed by atoms with van der Waals surface area (Å²) in [5.41, 5.74) is 3.75. The number of hydrogen-bond donors (Lipinski definition) is 3. The van der Waals surface area contributed by atoms with Gasteiger partial charge in [-0.15, -0.1) is 0 Å². The number of nitrogens with zero attached hydrogens (tertiary/aromatic N) is 2. The van der Waals surface area contributed by atoms with E-state index >= 15 is 0 Å². The molecule has 3 aromatic rings. The van der Waals surface area contributed by atoms with Crippen LogP contribution in [0.5, 0.6) is 5.75 Å². The van der Waals surface area contributed by atoms with Gasteiger partial charge in [-0.05, 0) is 23.3 Å². The van der Waals surface area contributed by atoms with E-state index in [0.29, 0.717) is 19.4 Å². The van der Waals surface area contributed by atoms with Crippen molar-refractivity contribution in [2.45, 2.75) is 31.9 Å². The summed E-state index contributed by atoms with van der Waals surface area (Å²) in [6.45, 7) is 0.502. The van der Waals surface area contributed by atoms with Crippen LogP contribution in [0.15, 0.2) is 60.9 Å². The van der Waals surface area contributed by atoms with Crippen LogP contribution < -0.4 is 5.32 Å². The highest BCUT2D eigenvalue weighted by Crippen LogP contribution is 2.21. The molecule has 3 N–H and O–H groups in total. The fraction of sp³-hybridized carbons (Fsp3) is 0.238.